The lowest BCUT2D eigenvalue weighted by molar-refractivity contribution is 0.0656. The summed E-state index contributed by atoms with van der Waals surface area (Å²) in [5.41, 5.74) is 6.66. The van der Waals surface area contributed by atoms with E-state index in [9.17, 15) is 13.6 Å². The van der Waals surface area contributed by atoms with Crippen molar-refractivity contribution in [2.24, 2.45) is 0 Å². The van der Waals surface area contributed by atoms with E-state index in [1.807, 2.05) is 36.4 Å². The Balaban J connectivity index is 1.48. The first-order chi connectivity index (χ1) is 16.0. The van der Waals surface area contributed by atoms with Gasteiger partial charge in [-0.05, 0) is 36.3 Å². The lowest BCUT2D eigenvalue weighted by Gasteiger charge is -2.32. The molecule has 33 heavy (non-hydrogen) atoms. The predicted molar refractivity (Wildman–Crippen MR) is 125 cm³/mol. The molecule has 0 unspecified atom stereocenters. The number of hydrazine groups is 1. The van der Waals surface area contributed by atoms with Gasteiger partial charge in [0.05, 0.1) is 25.0 Å². The van der Waals surface area contributed by atoms with Gasteiger partial charge in [0.25, 0.3) is 12.3 Å². The van der Waals surface area contributed by atoms with Crippen molar-refractivity contribution in [3.63, 3.8) is 0 Å². The van der Waals surface area contributed by atoms with Gasteiger partial charge in [-0.3, -0.25) is 15.6 Å². The number of anilines is 2. The molecule has 1 aliphatic heterocycles. The Morgan fingerprint density at radius 1 is 1.18 bits per heavy atom. The zero-order valence-corrected chi connectivity index (χ0v) is 18.4. The fourth-order valence-electron chi connectivity index (χ4n) is 3.69. The number of hydrogen-bond donors (Lipinski definition) is 4. The second-order valence-electron chi connectivity index (χ2n) is 7.33. The van der Waals surface area contributed by atoms with E-state index >= 15 is 0 Å². The number of fused-ring (bicyclic) bond motifs is 1. The third-order valence-electron chi connectivity index (χ3n) is 5.28. The zero-order valence-electron chi connectivity index (χ0n) is 17.6. The molecule has 8 nitrogen and oxygen atoms in total. The van der Waals surface area contributed by atoms with Crippen molar-refractivity contribution >= 4 is 34.7 Å². The average Bonchev–Trinajstić information content (AvgIpc) is 3.27. The highest BCUT2D eigenvalue weighted by Gasteiger charge is 2.36. The van der Waals surface area contributed by atoms with Crippen molar-refractivity contribution in [2.75, 3.05) is 17.7 Å². The van der Waals surface area contributed by atoms with Crippen molar-refractivity contribution in [1.82, 2.24) is 20.6 Å². The first-order valence-corrected chi connectivity index (χ1v) is 10.6. The molecule has 0 saturated heterocycles. The summed E-state index contributed by atoms with van der Waals surface area (Å²) in [6, 6.07) is 14.8. The number of hydrogen-bond acceptors (Lipinski definition) is 5. The van der Waals surface area contributed by atoms with Crippen molar-refractivity contribution in [1.29, 1.82) is 0 Å². The van der Waals surface area contributed by atoms with Crippen LogP contribution in [0.1, 0.15) is 34.4 Å². The second-order valence-corrected chi connectivity index (χ2v) is 7.74. The predicted octanol–water partition coefficient (Wildman–Crippen LogP) is 3.89. The Bertz CT molecular complexity index is 1140. The van der Waals surface area contributed by atoms with Gasteiger partial charge >= 0.3 is 0 Å². The summed E-state index contributed by atoms with van der Waals surface area (Å²) in [6.07, 6.45) is -1.23. The summed E-state index contributed by atoms with van der Waals surface area (Å²) >= 11 is 5.22. The summed E-state index contributed by atoms with van der Waals surface area (Å²) in [4.78, 5) is 12.8. The molecule has 1 amide bonds. The summed E-state index contributed by atoms with van der Waals surface area (Å²) in [7, 11) is 1.53. The van der Waals surface area contributed by atoms with E-state index in [0.717, 1.165) is 5.56 Å². The molecule has 0 radical (unpaired) electrons. The third-order valence-corrected chi connectivity index (χ3v) is 5.48. The van der Waals surface area contributed by atoms with Gasteiger partial charge in [0.15, 0.2) is 5.11 Å². The van der Waals surface area contributed by atoms with Gasteiger partial charge < -0.3 is 15.4 Å². The van der Waals surface area contributed by atoms with Crippen molar-refractivity contribution in [3.05, 3.63) is 71.9 Å². The molecule has 172 valence electrons. The molecule has 1 aliphatic rings. The molecular formula is C22H22F2N6O2S. The van der Waals surface area contributed by atoms with Crippen LogP contribution >= 0.6 is 12.2 Å². The average molecular weight is 473 g/mol. The molecule has 4 N–H and O–H groups in total. The SMILES string of the molecule is COc1ccccc1NC(=S)NNC(=O)c1cnn2c1N[C@H](c1ccccc1)C[C@H]2C(F)F. The standard InChI is InChI=1S/C22H22F2N6O2S/c1-32-18-10-6-5-9-15(18)27-22(33)29-28-21(31)14-12-25-30-17(19(23)24)11-16(26-20(14)30)13-7-3-2-4-8-13/h2-10,12,16-17,19,26H,11H2,1H3,(H,28,31)(H2,27,29,33)/t16-,17-/m0/s1. The molecule has 1 aromatic heterocycles. The molecule has 0 spiro atoms. The Morgan fingerprint density at radius 3 is 2.64 bits per heavy atom. The summed E-state index contributed by atoms with van der Waals surface area (Å²) in [5.74, 6) is 0.228. The van der Waals surface area contributed by atoms with E-state index in [-0.39, 0.29) is 29.0 Å². The van der Waals surface area contributed by atoms with Gasteiger partial charge in [0.1, 0.15) is 23.2 Å². The van der Waals surface area contributed by atoms with Crippen LogP contribution in [-0.4, -0.2) is 34.3 Å². The van der Waals surface area contributed by atoms with Gasteiger partial charge in [-0.15, -0.1) is 0 Å². The molecule has 11 heteroatoms. The maximum atomic E-state index is 13.8. The smallest absolute Gasteiger partial charge is 0.275 e. The van der Waals surface area contributed by atoms with Crippen LogP contribution in [0.2, 0.25) is 0 Å². The molecule has 0 aliphatic carbocycles. The Hall–Kier alpha value is -3.73. The summed E-state index contributed by atoms with van der Waals surface area (Å²) < 4.78 is 34.0. The van der Waals surface area contributed by atoms with Crippen LogP contribution in [0.4, 0.5) is 20.3 Å². The van der Waals surface area contributed by atoms with E-state index in [1.54, 1.807) is 18.2 Å². The highest BCUT2D eigenvalue weighted by Crippen LogP contribution is 2.39. The largest absolute Gasteiger partial charge is 0.495 e. The fourth-order valence-corrected chi connectivity index (χ4v) is 3.85. The highest BCUT2D eigenvalue weighted by molar-refractivity contribution is 7.80. The molecule has 2 aromatic carbocycles. The molecule has 2 heterocycles. The molecule has 2 atom stereocenters. The minimum Gasteiger partial charge on any atom is -0.495 e. The third kappa shape index (κ3) is 4.87. The van der Waals surface area contributed by atoms with Crippen LogP contribution < -0.4 is 26.2 Å². The van der Waals surface area contributed by atoms with E-state index < -0.39 is 18.4 Å². The number of rotatable bonds is 5. The van der Waals surface area contributed by atoms with E-state index in [0.29, 0.717) is 11.4 Å². The van der Waals surface area contributed by atoms with Crippen molar-refractivity contribution < 1.29 is 18.3 Å². The van der Waals surface area contributed by atoms with Crippen LogP contribution in [0, 0.1) is 0 Å². The number of amides is 1. The van der Waals surface area contributed by atoms with Gasteiger partial charge in [-0.1, -0.05) is 42.5 Å². The molecule has 0 fully saturated rings. The molecule has 0 bridgehead atoms. The van der Waals surface area contributed by atoms with Crippen LogP contribution in [0.15, 0.2) is 60.8 Å². The number of ether oxygens (including phenoxy) is 1. The summed E-state index contributed by atoms with van der Waals surface area (Å²) in [6.45, 7) is 0. The number of alkyl halides is 2. The minimum atomic E-state index is -2.64. The maximum absolute atomic E-state index is 13.8. The number of nitrogens with one attached hydrogen (secondary N) is 4. The van der Waals surface area contributed by atoms with Crippen LogP contribution in [0.3, 0.4) is 0 Å². The Labute approximate surface area is 194 Å². The van der Waals surface area contributed by atoms with E-state index in [2.05, 4.69) is 26.6 Å². The number of nitrogens with zero attached hydrogens (tertiary/aromatic N) is 2. The summed E-state index contributed by atoms with van der Waals surface area (Å²) in [5, 5.41) is 10.3. The number of para-hydroxylation sites is 2. The van der Waals surface area contributed by atoms with E-state index in [1.165, 1.54) is 18.0 Å². The van der Waals surface area contributed by atoms with Crippen molar-refractivity contribution in [3.8, 4) is 5.75 Å². The number of carbonyl (C=O) groups excluding carboxylic acids is 1. The highest BCUT2D eigenvalue weighted by atomic mass is 32.1. The number of methoxy groups -OCH3 is 1. The molecule has 0 saturated carbocycles. The fraction of sp³-hybridized carbons (Fsp3) is 0.227. The topological polar surface area (TPSA) is 92.2 Å². The van der Waals surface area contributed by atoms with Crippen molar-refractivity contribution in [2.45, 2.75) is 24.9 Å². The monoisotopic (exact) mass is 472 g/mol. The second kappa shape index (κ2) is 9.82. The lowest BCUT2D eigenvalue weighted by Crippen LogP contribution is -2.44. The number of aromatic nitrogens is 2. The quantitative estimate of drug-likeness (QED) is 0.331. The van der Waals surface area contributed by atoms with Crippen LogP contribution in [-0.2, 0) is 0 Å². The van der Waals surface area contributed by atoms with E-state index in [4.69, 9.17) is 17.0 Å². The van der Waals surface area contributed by atoms with Gasteiger partial charge in [0.2, 0.25) is 0 Å². The molecule has 4 rings (SSSR count). The minimum absolute atomic E-state index is 0.119. The molecule has 3 aromatic rings. The number of thiocarbonyl (C=S) groups is 1. The van der Waals surface area contributed by atoms with Gasteiger partial charge in [-0.25, -0.2) is 13.5 Å². The number of benzene rings is 2. The lowest BCUT2D eigenvalue weighted by atomic mass is 9.97. The maximum Gasteiger partial charge on any atom is 0.275 e. The normalized spacial score (nSPS) is 17.0. The Kier molecular flexibility index (Phi) is 6.68. The zero-order chi connectivity index (χ0) is 23.4. The van der Waals surface area contributed by atoms with Gasteiger partial charge in [0, 0.05) is 0 Å². The Morgan fingerprint density at radius 2 is 1.91 bits per heavy atom. The first-order valence-electron chi connectivity index (χ1n) is 10.2. The van der Waals surface area contributed by atoms with Crippen LogP contribution in [0.5, 0.6) is 5.75 Å². The number of carbonyl (C=O) groups is 1. The number of halogens is 2. The first kappa shape index (κ1) is 22.5. The van der Waals surface area contributed by atoms with Crippen LogP contribution in [0.25, 0.3) is 0 Å². The van der Waals surface area contributed by atoms with Gasteiger partial charge in [-0.2, -0.15) is 5.10 Å². The molecular weight excluding hydrogens is 450 g/mol.